The Bertz CT molecular complexity index is 1160. The molecule has 0 saturated carbocycles. The molecule has 0 unspecified atom stereocenters. The molecular formula is C22H20N2O4S. The molecule has 1 amide bonds. The Kier molecular flexibility index (Phi) is 6.11. The third-order valence-corrected chi connectivity index (χ3v) is 5.09. The largest absolute Gasteiger partial charge is 0.495 e. The van der Waals surface area contributed by atoms with Crippen molar-refractivity contribution < 1.29 is 17.9 Å². The van der Waals surface area contributed by atoms with Crippen LogP contribution in [0.4, 0.5) is 5.69 Å². The first-order valence-corrected chi connectivity index (χ1v) is 10.3. The molecule has 0 saturated heterocycles. The normalized spacial score (nSPS) is 11.4. The molecule has 7 heteroatoms. The van der Waals surface area contributed by atoms with E-state index in [4.69, 9.17) is 9.88 Å². The van der Waals surface area contributed by atoms with Crippen LogP contribution in [0.3, 0.4) is 0 Å². The topological polar surface area (TPSA) is 98.5 Å². The Hall–Kier alpha value is -3.42. The van der Waals surface area contributed by atoms with E-state index in [2.05, 4.69) is 5.32 Å². The van der Waals surface area contributed by atoms with Crippen molar-refractivity contribution in [3.8, 4) is 16.9 Å². The molecular weight excluding hydrogens is 388 g/mol. The molecule has 3 aromatic rings. The van der Waals surface area contributed by atoms with Gasteiger partial charge in [0.25, 0.3) is 0 Å². The highest BCUT2D eigenvalue weighted by Gasteiger charge is 2.16. The number of hydrogen-bond donors (Lipinski definition) is 2. The number of carbonyl (C=O) groups is 1. The van der Waals surface area contributed by atoms with Crippen LogP contribution in [0.15, 0.2) is 83.8 Å². The molecule has 0 bridgehead atoms. The molecule has 29 heavy (non-hydrogen) atoms. The highest BCUT2D eigenvalue weighted by atomic mass is 32.2. The Balaban J connectivity index is 1.75. The van der Waals surface area contributed by atoms with Gasteiger partial charge in [0.1, 0.15) is 10.6 Å². The number of ether oxygens (including phenoxy) is 1. The lowest BCUT2D eigenvalue weighted by Gasteiger charge is -2.09. The van der Waals surface area contributed by atoms with Crippen LogP contribution >= 0.6 is 0 Å². The lowest BCUT2D eigenvalue weighted by molar-refractivity contribution is -0.111. The maximum atomic E-state index is 12.2. The SMILES string of the molecule is COc1ccc(NC(=O)C=Cc2cccc(-c3ccccc3)c2)cc1S(N)(=O)=O. The van der Waals surface area contributed by atoms with Gasteiger partial charge in [0, 0.05) is 11.8 Å². The second-order valence-electron chi connectivity index (χ2n) is 6.22. The fraction of sp³-hybridized carbons (Fsp3) is 0.0455. The zero-order chi connectivity index (χ0) is 20.9. The van der Waals surface area contributed by atoms with E-state index in [-0.39, 0.29) is 10.6 Å². The Labute approximate surface area is 169 Å². The summed E-state index contributed by atoms with van der Waals surface area (Å²) in [7, 11) is -2.64. The van der Waals surface area contributed by atoms with Crippen LogP contribution in [0, 0.1) is 0 Å². The number of primary sulfonamides is 1. The van der Waals surface area contributed by atoms with Crippen LogP contribution in [0.1, 0.15) is 5.56 Å². The maximum absolute atomic E-state index is 12.2. The molecule has 0 aliphatic heterocycles. The molecule has 0 fully saturated rings. The van der Waals surface area contributed by atoms with E-state index in [0.29, 0.717) is 5.69 Å². The van der Waals surface area contributed by atoms with Crippen molar-refractivity contribution in [2.24, 2.45) is 5.14 Å². The summed E-state index contributed by atoms with van der Waals surface area (Å²) in [6.45, 7) is 0. The van der Waals surface area contributed by atoms with E-state index in [1.54, 1.807) is 6.08 Å². The van der Waals surface area contributed by atoms with Crippen molar-refractivity contribution in [1.82, 2.24) is 0 Å². The summed E-state index contributed by atoms with van der Waals surface area (Å²) >= 11 is 0. The number of nitrogens with two attached hydrogens (primary N) is 1. The monoisotopic (exact) mass is 408 g/mol. The van der Waals surface area contributed by atoms with Crippen LogP contribution < -0.4 is 15.2 Å². The highest BCUT2D eigenvalue weighted by Crippen LogP contribution is 2.26. The second-order valence-corrected chi connectivity index (χ2v) is 7.75. The van der Waals surface area contributed by atoms with Crippen LogP contribution in [-0.4, -0.2) is 21.4 Å². The standard InChI is InChI=1S/C22H20N2O4S/c1-28-20-12-11-19(15-21(20)29(23,26)27)24-22(25)13-10-16-6-5-9-18(14-16)17-7-3-2-4-8-17/h2-15H,1H3,(H,24,25)(H2,23,26,27). The number of hydrogen-bond acceptors (Lipinski definition) is 4. The molecule has 0 heterocycles. The summed E-state index contributed by atoms with van der Waals surface area (Å²) in [5, 5.41) is 7.82. The average Bonchev–Trinajstić information content (AvgIpc) is 2.72. The number of methoxy groups -OCH3 is 1. The predicted molar refractivity (Wildman–Crippen MR) is 114 cm³/mol. The van der Waals surface area contributed by atoms with Crippen LogP contribution in [0.5, 0.6) is 5.75 Å². The number of carbonyl (C=O) groups excluding carboxylic acids is 1. The molecule has 0 radical (unpaired) electrons. The zero-order valence-corrected chi connectivity index (χ0v) is 16.5. The Morgan fingerprint density at radius 2 is 1.69 bits per heavy atom. The van der Waals surface area contributed by atoms with Crippen LogP contribution in [-0.2, 0) is 14.8 Å². The molecule has 0 aromatic heterocycles. The van der Waals surface area contributed by atoms with E-state index in [0.717, 1.165) is 16.7 Å². The molecule has 0 atom stereocenters. The fourth-order valence-corrected chi connectivity index (χ4v) is 3.51. The summed E-state index contributed by atoms with van der Waals surface area (Å²) in [5.41, 5.74) is 3.28. The van der Waals surface area contributed by atoms with Gasteiger partial charge < -0.3 is 10.1 Å². The van der Waals surface area contributed by atoms with Crippen molar-refractivity contribution >= 4 is 27.7 Å². The molecule has 3 N–H and O–H groups in total. The van der Waals surface area contributed by atoms with Gasteiger partial charge in [-0.1, -0.05) is 48.5 Å². The van der Waals surface area contributed by atoms with Crippen LogP contribution in [0.2, 0.25) is 0 Å². The lowest BCUT2D eigenvalue weighted by atomic mass is 10.0. The molecule has 148 valence electrons. The minimum Gasteiger partial charge on any atom is -0.495 e. The highest BCUT2D eigenvalue weighted by molar-refractivity contribution is 7.89. The molecule has 3 aromatic carbocycles. The molecule has 0 aliphatic carbocycles. The fourth-order valence-electron chi connectivity index (χ4n) is 2.79. The van der Waals surface area contributed by atoms with Gasteiger partial charge in [-0.15, -0.1) is 0 Å². The molecule has 6 nitrogen and oxygen atoms in total. The van der Waals surface area contributed by atoms with Gasteiger partial charge in [0.05, 0.1) is 7.11 Å². The number of sulfonamides is 1. The zero-order valence-electron chi connectivity index (χ0n) is 15.7. The summed E-state index contributed by atoms with van der Waals surface area (Å²) in [6.07, 6.45) is 3.07. The first-order chi connectivity index (χ1) is 13.9. The number of anilines is 1. The average molecular weight is 408 g/mol. The minimum absolute atomic E-state index is 0.110. The van der Waals surface area contributed by atoms with Crippen molar-refractivity contribution in [2.45, 2.75) is 4.90 Å². The van der Waals surface area contributed by atoms with E-state index in [9.17, 15) is 13.2 Å². The summed E-state index contributed by atoms with van der Waals surface area (Å²) in [6, 6.07) is 21.9. The summed E-state index contributed by atoms with van der Waals surface area (Å²) < 4.78 is 28.4. The van der Waals surface area contributed by atoms with Gasteiger partial charge in [0.15, 0.2) is 0 Å². The molecule has 0 aliphatic rings. The number of rotatable bonds is 6. The van der Waals surface area contributed by atoms with E-state index >= 15 is 0 Å². The van der Waals surface area contributed by atoms with Gasteiger partial charge in [-0.05, 0) is 47.0 Å². The Morgan fingerprint density at radius 3 is 2.38 bits per heavy atom. The van der Waals surface area contributed by atoms with E-state index in [1.807, 2.05) is 54.6 Å². The smallest absolute Gasteiger partial charge is 0.248 e. The van der Waals surface area contributed by atoms with Gasteiger partial charge in [-0.3, -0.25) is 4.79 Å². The lowest BCUT2D eigenvalue weighted by Crippen LogP contribution is -2.15. The second kappa shape index (κ2) is 8.72. The molecule has 0 spiro atoms. The number of benzene rings is 3. The van der Waals surface area contributed by atoms with Crippen molar-refractivity contribution in [3.05, 3.63) is 84.4 Å². The van der Waals surface area contributed by atoms with Gasteiger partial charge in [-0.25, -0.2) is 13.6 Å². The van der Waals surface area contributed by atoms with Crippen LogP contribution in [0.25, 0.3) is 17.2 Å². The third-order valence-electron chi connectivity index (χ3n) is 4.16. The van der Waals surface area contributed by atoms with Gasteiger partial charge >= 0.3 is 0 Å². The van der Waals surface area contributed by atoms with Crippen molar-refractivity contribution in [1.29, 1.82) is 0 Å². The first-order valence-electron chi connectivity index (χ1n) is 8.72. The van der Waals surface area contributed by atoms with E-state index < -0.39 is 15.9 Å². The first kappa shape index (κ1) is 20.3. The third kappa shape index (κ3) is 5.31. The summed E-state index contributed by atoms with van der Waals surface area (Å²) in [5.74, 6) is -0.292. The molecule has 3 rings (SSSR count). The number of nitrogens with one attached hydrogen (secondary N) is 1. The van der Waals surface area contributed by atoms with Crippen molar-refractivity contribution in [3.63, 3.8) is 0 Å². The Morgan fingerprint density at radius 1 is 0.966 bits per heavy atom. The predicted octanol–water partition coefficient (Wildman–Crippen LogP) is 3.66. The van der Waals surface area contributed by atoms with Gasteiger partial charge in [0.2, 0.25) is 15.9 Å². The quantitative estimate of drug-likeness (QED) is 0.608. The maximum Gasteiger partial charge on any atom is 0.248 e. The van der Waals surface area contributed by atoms with E-state index in [1.165, 1.54) is 31.4 Å². The van der Waals surface area contributed by atoms with Gasteiger partial charge in [-0.2, -0.15) is 0 Å². The summed E-state index contributed by atoms with van der Waals surface area (Å²) in [4.78, 5) is 12.0. The number of amides is 1. The minimum atomic E-state index is -3.98. The van der Waals surface area contributed by atoms with Crippen molar-refractivity contribution in [2.75, 3.05) is 12.4 Å².